The van der Waals surface area contributed by atoms with Gasteiger partial charge in [-0.25, -0.2) is 0 Å². The Morgan fingerprint density at radius 1 is 0.893 bits per heavy atom. The molecule has 0 bridgehead atoms. The lowest BCUT2D eigenvalue weighted by atomic mass is 10.1. The number of anilines is 1. The molecule has 0 unspecified atom stereocenters. The van der Waals surface area contributed by atoms with E-state index in [9.17, 15) is 4.79 Å². The maximum absolute atomic E-state index is 12.4. The number of nitrogens with one attached hydrogen (secondary N) is 1. The predicted molar refractivity (Wildman–Crippen MR) is 113 cm³/mol. The van der Waals surface area contributed by atoms with Gasteiger partial charge in [0.2, 0.25) is 5.91 Å². The fourth-order valence-electron chi connectivity index (χ4n) is 2.74. The second kappa shape index (κ2) is 11.9. The van der Waals surface area contributed by atoms with E-state index < -0.39 is 0 Å². The molecule has 0 saturated carbocycles. The van der Waals surface area contributed by atoms with Crippen molar-refractivity contribution in [1.29, 1.82) is 0 Å². The average molecular weight is 386 g/mol. The van der Waals surface area contributed by atoms with E-state index in [0.29, 0.717) is 44.1 Å². The summed E-state index contributed by atoms with van der Waals surface area (Å²) in [5.41, 5.74) is 1.74. The van der Waals surface area contributed by atoms with Crippen LogP contribution in [0.1, 0.15) is 45.6 Å². The van der Waals surface area contributed by atoms with Crippen LogP contribution < -0.4 is 19.5 Å². The molecule has 0 radical (unpaired) electrons. The zero-order valence-electron chi connectivity index (χ0n) is 17.1. The topological polar surface area (TPSA) is 56.8 Å². The summed E-state index contributed by atoms with van der Waals surface area (Å²) in [6.07, 6.45) is 3.10. The Labute approximate surface area is 168 Å². The normalized spacial score (nSPS) is 10.4. The van der Waals surface area contributed by atoms with Gasteiger partial charge >= 0.3 is 0 Å². The Morgan fingerprint density at radius 3 is 2.39 bits per heavy atom. The van der Waals surface area contributed by atoms with Gasteiger partial charge in [0.25, 0.3) is 0 Å². The summed E-state index contributed by atoms with van der Waals surface area (Å²) in [6, 6.07) is 13.3. The Morgan fingerprint density at radius 2 is 1.64 bits per heavy atom. The van der Waals surface area contributed by atoms with Gasteiger partial charge in [-0.15, -0.1) is 0 Å². The molecular formula is C23H31NO4. The number of amides is 1. The Hall–Kier alpha value is -2.69. The molecule has 2 aromatic rings. The Balaban J connectivity index is 1.96. The Kier molecular flexibility index (Phi) is 9.19. The third-order valence-corrected chi connectivity index (χ3v) is 4.17. The molecule has 2 rings (SSSR count). The number of hydrogen-bond donors (Lipinski definition) is 1. The molecule has 5 nitrogen and oxygen atoms in total. The van der Waals surface area contributed by atoms with E-state index in [0.717, 1.165) is 29.9 Å². The molecule has 2 aromatic carbocycles. The van der Waals surface area contributed by atoms with Gasteiger partial charge < -0.3 is 19.5 Å². The van der Waals surface area contributed by atoms with E-state index in [1.54, 1.807) is 0 Å². The summed E-state index contributed by atoms with van der Waals surface area (Å²) in [7, 11) is 0. The zero-order chi connectivity index (χ0) is 20.2. The van der Waals surface area contributed by atoms with E-state index >= 15 is 0 Å². The van der Waals surface area contributed by atoms with Gasteiger partial charge in [-0.3, -0.25) is 4.79 Å². The standard InChI is InChI=1S/C23H31NO4/c1-4-7-16-28-21-14-12-18(17-22(21)27-6-3)13-15-23(25)24-19-10-8-9-11-20(19)26-5-2/h8-12,14,17H,4-7,13,15-16H2,1-3H3,(H,24,25). The second-order valence-corrected chi connectivity index (χ2v) is 6.39. The minimum Gasteiger partial charge on any atom is -0.492 e. The zero-order valence-corrected chi connectivity index (χ0v) is 17.1. The van der Waals surface area contributed by atoms with Crippen molar-refractivity contribution in [2.75, 3.05) is 25.1 Å². The average Bonchev–Trinajstić information content (AvgIpc) is 2.70. The van der Waals surface area contributed by atoms with Crippen LogP contribution in [0.15, 0.2) is 42.5 Å². The van der Waals surface area contributed by atoms with Crippen LogP contribution in [0, 0.1) is 0 Å². The first-order chi connectivity index (χ1) is 13.7. The summed E-state index contributed by atoms with van der Waals surface area (Å²) in [6.45, 7) is 7.81. The number of rotatable bonds is 12. The highest BCUT2D eigenvalue weighted by Crippen LogP contribution is 2.29. The number of carbonyl (C=O) groups excluding carboxylic acids is 1. The summed E-state index contributed by atoms with van der Waals surface area (Å²) in [5.74, 6) is 2.13. The van der Waals surface area contributed by atoms with E-state index in [1.807, 2.05) is 56.3 Å². The third kappa shape index (κ3) is 6.80. The van der Waals surface area contributed by atoms with Gasteiger partial charge in [0.05, 0.1) is 25.5 Å². The van der Waals surface area contributed by atoms with Crippen LogP contribution in [0.3, 0.4) is 0 Å². The van der Waals surface area contributed by atoms with E-state index in [4.69, 9.17) is 14.2 Å². The number of ether oxygens (including phenoxy) is 3. The first-order valence-corrected chi connectivity index (χ1v) is 10.1. The smallest absolute Gasteiger partial charge is 0.224 e. The molecular weight excluding hydrogens is 354 g/mol. The molecule has 0 aliphatic heterocycles. The molecule has 0 fully saturated rings. The van der Waals surface area contributed by atoms with Gasteiger partial charge in [-0.2, -0.15) is 0 Å². The molecule has 0 atom stereocenters. The van der Waals surface area contributed by atoms with Gasteiger partial charge in [0.1, 0.15) is 5.75 Å². The van der Waals surface area contributed by atoms with Gasteiger partial charge in [0.15, 0.2) is 11.5 Å². The molecule has 1 N–H and O–H groups in total. The van der Waals surface area contributed by atoms with Crippen LogP contribution in [-0.2, 0) is 11.2 Å². The van der Waals surface area contributed by atoms with Gasteiger partial charge in [0, 0.05) is 6.42 Å². The minimum atomic E-state index is -0.0478. The van der Waals surface area contributed by atoms with Crippen LogP contribution in [0.4, 0.5) is 5.69 Å². The van der Waals surface area contributed by atoms with Crippen molar-refractivity contribution in [3.8, 4) is 17.2 Å². The highest BCUT2D eigenvalue weighted by molar-refractivity contribution is 5.92. The summed E-state index contributed by atoms with van der Waals surface area (Å²) in [4.78, 5) is 12.4. The first kappa shape index (κ1) is 21.6. The number of benzene rings is 2. The SMILES string of the molecule is CCCCOc1ccc(CCC(=O)Nc2ccccc2OCC)cc1OCC. The van der Waals surface area contributed by atoms with Crippen LogP contribution in [0.2, 0.25) is 0 Å². The van der Waals surface area contributed by atoms with Crippen LogP contribution in [0.5, 0.6) is 17.2 Å². The largest absolute Gasteiger partial charge is 0.492 e. The molecule has 0 spiro atoms. The lowest BCUT2D eigenvalue weighted by molar-refractivity contribution is -0.116. The minimum absolute atomic E-state index is 0.0478. The van der Waals surface area contributed by atoms with Crippen molar-refractivity contribution in [2.45, 2.75) is 46.5 Å². The number of para-hydroxylation sites is 2. The number of unbranched alkanes of at least 4 members (excludes halogenated alkanes) is 1. The lowest BCUT2D eigenvalue weighted by Gasteiger charge is -2.14. The molecule has 1 amide bonds. The number of aryl methyl sites for hydroxylation is 1. The molecule has 0 aliphatic carbocycles. The fourth-order valence-corrected chi connectivity index (χ4v) is 2.74. The molecule has 0 heterocycles. The summed E-state index contributed by atoms with van der Waals surface area (Å²) in [5, 5.41) is 2.93. The van der Waals surface area contributed by atoms with Crippen LogP contribution in [-0.4, -0.2) is 25.7 Å². The van der Waals surface area contributed by atoms with E-state index in [1.165, 1.54) is 0 Å². The fraction of sp³-hybridized carbons (Fsp3) is 0.435. The number of carbonyl (C=O) groups is 1. The summed E-state index contributed by atoms with van der Waals surface area (Å²) >= 11 is 0. The second-order valence-electron chi connectivity index (χ2n) is 6.39. The molecule has 28 heavy (non-hydrogen) atoms. The van der Waals surface area contributed by atoms with Crippen LogP contribution in [0.25, 0.3) is 0 Å². The van der Waals surface area contributed by atoms with Gasteiger partial charge in [-0.05, 0) is 56.5 Å². The maximum Gasteiger partial charge on any atom is 0.224 e. The molecule has 152 valence electrons. The van der Waals surface area contributed by atoms with Crippen molar-refractivity contribution in [2.24, 2.45) is 0 Å². The van der Waals surface area contributed by atoms with Crippen molar-refractivity contribution in [3.05, 3.63) is 48.0 Å². The number of hydrogen-bond acceptors (Lipinski definition) is 4. The predicted octanol–water partition coefficient (Wildman–Crippen LogP) is 5.23. The molecule has 5 heteroatoms. The highest BCUT2D eigenvalue weighted by atomic mass is 16.5. The van der Waals surface area contributed by atoms with Crippen molar-refractivity contribution in [1.82, 2.24) is 0 Å². The molecule has 0 saturated heterocycles. The van der Waals surface area contributed by atoms with Crippen molar-refractivity contribution < 1.29 is 19.0 Å². The van der Waals surface area contributed by atoms with E-state index in [2.05, 4.69) is 12.2 Å². The van der Waals surface area contributed by atoms with E-state index in [-0.39, 0.29) is 5.91 Å². The third-order valence-electron chi connectivity index (χ3n) is 4.17. The quantitative estimate of drug-likeness (QED) is 0.508. The van der Waals surface area contributed by atoms with Crippen molar-refractivity contribution >= 4 is 11.6 Å². The lowest BCUT2D eigenvalue weighted by Crippen LogP contribution is -2.13. The Bertz CT molecular complexity index is 745. The highest BCUT2D eigenvalue weighted by Gasteiger charge is 2.10. The molecule has 0 aliphatic rings. The first-order valence-electron chi connectivity index (χ1n) is 10.1. The van der Waals surface area contributed by atoms with Crippen molar-refractivity contribution in [3.63, 3.8) is 0 Å². The molecule has 0 aromatic heterocycles. The maximum atomic E-state index is 12.4. The summed E-state index contributed by atoms with van der Waals surface area (Å²) < 4.78 is 17.1. The van der Waals surface area contributed by atoms with Crippen LogP contribution >= 0.6 is 0 Å². The monoisotopic (exact) mass is 385 g/mol. The van der Waals surface area contributed by atoms with Gasteiger partial charge in [-0.1, -0.05) is 31.5 Å².